The number of carbonyl (C=O) groups excluding carboxylic acids is 3. The number of halogens is 2. The normalized spacial score (nSPS) is 16.2. The van der Waals surface area contributed by atoms with Crippen molar-refractivity contribution in [2.24, 2.45) is 5.92 Å². The van der Waals surface area contributed by atoms with Crippen molar-refractivity contribution in [1.82, 2.24) is 0 Å². The Bertz CT molecular complexity index is 944. The molecule has 1 N–H and O–H groups in total. The van der Waals surface area contributed by atoms with Gasteiger partial charge in [0.25, 0.3) is 0 Å². The summed E-state index contributed by atoms with van der Waals surface area (Å²) in [5.74, 6) is -1.42. The number of hydrogen-bond donors (Lipinski definition) is 1. The summed E-state index contributed by atoms with van der Waals surface area (Å²) in [7, 11) is 0. The Morgan fingerprint density at radius 1 is 1.14 bits per heavy atom. The number of nitrogens with one attached hydrogen (secondary N) is 1. The Morgan fingerprint density at radius 2 is 1.83 bits per heavy atom. The molecule has 2 amide bonds. The van der Waals surface area contributed by atoms with Crippen molar-refractivity contribution in [3.8, 4) is 0 Å². The molecule has 1 fully saturated rings. The Labute approximate surface area is 178 Å². The van der Waals surface area contributed by atoms with E-state index >= 15 is 0 Å². The van der Waals surface area contributed by atoms with Gasteiger partial charge < -0.3 is 15.0 Å². The van der Waals surface area contributed by atoms with Crippen LogP contribution in [0.1, 0.15) is 30.6 Å². The van der Waals surface area contributed by atoms with Gasteiger partial charge in [-0.3, -0.25) is 9.59 Å². The van der Waals surface area contributed by atoms with Gasteiger partial charge in [0.2, 0.25) is 11.8 Å². The molecule has 1 saturated heterocycles. The molecule has 29 heavy (non-hydrogen) atoms. The molecule has 1 heterocycles. The molecule has 1 atom stereocenters. The third-order valence-electron chi connectivity index (χ3n) is 4.43. The maximum Gasteiger partial charge on any atom is 0.338 e. The van der Waals surface area contributed by atoms with Gasteiger partial charge in [-0.25, -0.2) is 4.79 Å². The molecule has 0 radical (unpaired) electrons. The van der Waals surface area contributed by atoms with E-state index in [2.05, 4.69) is 5.32 Å². The van der Waals surface area contributed by atoms with E-state index in [1.807, 2.05) is 0 Å². The zero-order valence-electron chi connectivity index (χ0n) is 15.9. The van der Waals surface area contributed by atoms with Crippen molar-refractivity contribution < 1.29 is 19.1 Å². The van der Waals surface area contributed by atoms with Gasteiger partial charge in [0, 0.05) is 23.7 Å². The van der Waals surface area contributed by atoms with Gasteiger partial charge in [-0.15, -0.1) is 0 Å². The molecule has 3 rings (SSSR count). The van der Waals surface area contributed by atoms with E-state index in [4.69, 9.17) is 27.9 Å². The molecule has 0 aliphatic carbocycles. The summed E-state index contributed by atoms with van der Waals surface area (Å²) < 4.78 is 5.13. The maximum absolute atomic E-state index is 12.6. The smallest absolute Gasteiger partial charge is 0.338 e. The second-order valence-corrected chi connectivity index (χ2v) is 7.87. The van der Waals surface area contributed by atoms with Crippen LogP contribution in [0.4, 0.5) is 11.4 Å². The predicted molar refractivity (Wildman–Crippen MR) is 113 cm³/mol. The van der Waals surface area contributed by atoms with E-state index in [1.165, 1.54) is 4.90 Å². The largest absolute Gasteiger partial charge is 0.459 e. The maximum atomic E-state index is 12.6. The van der Waals surface area contributed by atoms with Gasteiger partial charge >= 0.3 is 5.97 Å². The van der Waals surface area contributed by atoms with Crippen molar-refractivity contribution in [3.05, 3.63) is 58.1 Å². The average Bonchev–Trinajstić information content (AvgIpc) is 3.05. The van der Waals surface area contributed by atoms with Gasteiger partial charge in [0.1, 0.15) is 0 Å². The minimum Gasteiger partial charge on any atom is -0.459 e. The number of ether oxygens (including phenoxy) is 1. The van der Waals surface area contributed by atoms with E-state index in [1.54, 1.807) is 56.3 Å². The number of rotatable bonds is 5. The highest BCUT2D eigenvalue weighted by atomic mass is 35.5. The monoisotopic (exact) mass is 434 g/mol. The molecule has 1 aliphatic heterocycles. The molecule has 2 aromatic carbocycles. The van der Waals surface area contributed by atoms with Crippen LogP contribution in [0.2, 0.25) is 10.0 Å². The Morgan fingerprint density at radius 3 is 2.48 bits per heavy atom. The fourth-order valence-electron chi connectivity index (χ4n) is 3.02. The zero-order valence-corrected chi connectivity index (χ0v) is 17.5. The number of carbonyl (C=O) groups is 3. The molecule has 1 aliphatic rings. The fourth-order valence-corrected chi connectivity index (χ4v) is 3.41. The molecule has 0 aromatic heterocycles. The van der Waals surface area contributed by atoms with Crippen molar-refractivity contribution >= 4 is 52.4 Å². The minimum atomic E-state index is -0.525. The predicted octanol–water partition coefficient (Wildman–Crippen LogP) is 4.55. The lowest BCUT2D eigenvalue weighted by Gasteiger charge is -2.18. The van der Waals surface area contributed by atoms with Crippen LogP contribution in [-0.4, -0.2) is 30.4 Å². The second kappa shape index (κ2) is 8.84. The van der Waals surface area contributed by atoms with Crippen LogP contribution < -0.4 is 10.2 Å². The Balaban J connectivity index is 1.65. The fraction of sp³-hybridized carbons (Fsp3) is 0.286. The highest BCUT2D eigenvalue weighted by Crippen LogP contribution is 2.33. The number of anilines is 2. The summed E-state index contributed by atoms with van der Waals surface area (Å²) in [5, 5.41) is 3.64. The first-order chi connectivity index (χ1) is 13.7. The number of esters is 1. The summed E-state index contributed by atoms with van der Waals surface area (Å²) in [6, 6.07) is 11.3. The first-order valence-corrected chi connectivity index (χ1v) is 9.87. The lowest BCUT2D eigenvalue weighted by molar-refractivity contribution is -0.122. The molecule has 0 saturated carbocycles. The highest BCUT2D eigenvalue weighted by molar-refractivity contribution is 6.36. The van der Waals surface area contributed by atoms with E-state index in [0.29, 0.717) is 27.0 Å². The molecule has 152 valence electrons. The van der Waals surface area contributed by atoms with E-state index < -0.39 is 11.9 Å². The summed E-state index contributed by atoms with van der Waals surface area (Å²) >= 11 is 12.2. The number of benzene rings is 2. The van der Waals surface area contributed by atoms with E-state index in [-0.39, 0.29) is 30.9 Å². The van der Waals surface area contributed by atoms with Crippen LogP contribution in [0.5, 0.6) is 0 Å². The minimum absolute atomic E-state index is 0.0769. The van der Waals surface area contributed by atoms with Crippen LogP contribution in [0, 0.1) is 5.92 Å². The highest BCUT2D eigenvalue weighted by Gasteiger charge is 2.36. The molecular weight excluding hydrogens is 415 g/mol. The van der Waals surface area contributed by atoms with Crippen molar-refractivity contribution in [2.75, 3.05) is 16.8 Å². The van der Waals surface area contributed by atoms with E-state index in [9.17, 15) is 14.4 Å². The first-order valence-electron chi connectivity index (χ1n) is 9.12. The third kappa shape index (κ3) is 5.08. The summed E-state index contributed by atoms with van der Waals surface area (Å²) in [6.45, 7) is 3.76. The molecule has 6 nitrogen and oxygen atoms in total. The third-order valence-corrected chi connectivity index (χ3v) is 4.98. The van der Waals surface area contributed by atoms with Gasteiger partial charge in [0.05, 0.1) is 28.3 Å². The molecule has 0 bridgehead atoms. The van der Waals surface area contributed by atoms with Crippen molar-refractivity contribution in [1.29, 1.82) is 0 Å². The lowest BCUT2D eigenvalue weighted by atomic mass is 10.1. The van der Waals surface area contributed by atoms with Crippen molar-refractivity contribution in [3.63, 3.8) is 0 Å². The average molecular weight is 435 g/mol. The first kappa shape index (κ1) is 21.1. The van der Waals surface area contributed by atoms with Crippen LogP contribution in [0.25, 0.3) is 0 Å². The number of nitrogens with zero attached hydrogens (tertiary/aromatic N) is 1. The molecule has 8 heteroatoms. The van der Waals surface area contributed by atoms with Crippen LogP contribution in [0.3, 0.4) is 0 Å². The number of amides is 2. The van der Waals surface area contributed by atoms with E-state index in [0.717, 1.165) is 0 Å². The zero-order chi connectivity index (χ0) is 21.1. The van der Waals surface area contributed by atoms with Crippen LogP contribution in [-0.2, 0) is 14.3 Å². The SMILES string of the molecule is CC(C)OC(=O)c1ccc(NC(=O)[C@H]2CC(=O)N(c3cc(Cl)ccc3Cl)C2)cc1. The molecule has 0 spiro atoms. The van der Waals surface area contributed by atoms with Crippen molar-refractivity contribution in [2.45, 2.75) is 26.4 Å². The topological polar surface area (TPSA) is 75.7 Å². The second-order valence-electron chi connectivity index (χ2n) is 7.02. The number of hydrogen-bond acceptors (Lipinski definition) is 4. The lowest BCUT2D eigenvalue weighted by Crippen LogP contribution is -2.28. The Hall–Kier alpha value is -2.57. The van der Waals surface area contributed by atoms with Gasteiger partial charge in [-0.05, 0) is 56.3 Å². The van der Waals surface area contributed by atoms with Crippen LogP contribution in [0.15, 0.2) is 42.5 Å². The standard InChI is InChI=1S/C21H20Cl2N2O4/c1-12(2)29-21(28)13-3-6-16(7-4-13)24-20(27)14-9-19(26)25(11-14)18-10-15(22)5-8-17(18)23/h3-8,10,12,14H,9,11H2,1-2H3,(H,24,27)/t14-/m0/s1. The summed E-state index contributed by atoms with van der Waals surface area (Å²) in [4.78, 5) is 38.4. The van der Waals surface area contributed by atoms with Crippen LogP contribution >= 0.6 is 23.2 Å². The molecule has 2 aromatic rings. The molecule has 0 unspecified atom stereocenters. The Kier molecular flexibility index (Phi) is 6.45. The van der Waals surface area contributed by atoms with Gasteiger partial charge in [-0.1, -0.05) is 23.2 Å². The van der Waals surface area contributed by atoms with Gasteiger partial charge in [-0.2, -0.15) is 0 Å². The summed E-state index contributed by atoms with van der Waals surface area (Å²) in [5.41, 5.74) is 1.42. The quantitative estimate of drug-likeness (QED) is 0.700. The van der Waals surface area contributed by atoms with Gasteiger partial charge in [0.15, 0.2) is 0 Å². The molecular formula is C21H20Cl2N2O4. The summed E-state index contributed by atoms with van der Waals surface area (Å²) in [6.07, 6.45) is -0.134.